The van der Waals surface area contributed by atoms with Crippen molar-refractivity contribution >= 4 is 15.8 Å². The topological polar surface area (TPSA) is 82.1 Å². The Hall–Kier alpha value is -2.42. The van der Waals surface area contributed by atoms with Gasteiger partial charge in [-0.1, -0.05) is 0 Å². The van der Waals surface area contributed by atoms with E-state index in [4.69, 9.17) is 14.2 Å². The van der Waals surface area contributed by atoms with E-state index in [0.717, 1.165) is 0 Å². The zero-order valence-electron chi connectivity index (χ0n) is 15.8. The smallest absolute Gasteiger partial charge is 0.243 e. The van der Waals surface area contributed by atoms with Gasteiger partial charge < -0.3 is 14.2 Å². The molecule has 3 rings (SSSR count). The number of sulfonamides is 1. The van der Waals surface area contributed by atoms with Crippen LogP contribution in [0.2, 0.25) is 0 Å². The fraction of sp³-hybridized carbons (Fsp3) is 0.350. The lowest BCUT2D eigenvalue weighted by Gasteiger charge is -2.26. The van der Waals surface area contributed by atoms with Crippen molar-refractivity contribution in [3.05, 3.63) is 54.1 Å². The van der Waals surface area contributed by atoms with E-state index >= 15 is 0 Å². The highest BCUT2D eigenvalue weighted by Gasteiger charge is 2.26. The number of morpholine rings is 1. The minimum absolute atomic E-state index is 0.173. The molecule has 1 heterocycles. The minimum atomic E-state index is -3.55. The molecule has 0 N–H and O–H groups in total. The molecule has 7 nitrogen and oxygen atoms in total. The number of hydrogen-bond donors (Lipinski definition) is 0. The van der Waals surface area contributed by atoms with E-state index in [1.807, 2.05) is 0 Å². The van der Waals surface area contributed by atoms with Crippen molar-refractivity contribution < 1.29 is 27.4 Å². The first kappa shape index (κ1) is 20.3. The fourth-order valence-corrected chi connectivity index (χ4v) is 4.28. The molecule has 1 saturated heterocycles. The Labute approximate surface area is 164 Å². The summed E-state index contributed by atoms with van der Waals surface area (Å²) in [6.45, 7) is 3.13. The highest BCUT2D eigenvalue weighted by Crippen LogP contribution is 2.22. The van der Waals surface area contributed by atoms with Crippen LogP contribution >= 0.6 is 0 Å². The molecule has 0 radical (unpaired) electrons. The molecule has 150 valence electrons. The predicted octanol–water partition coefficient (Wildman–Crippen LogP) is 2.37. The van der Waals surface area contributed by atoms with Gasteiger partial charge in [-0.15, -0.1) is 0 Å². The molecule has 0 unspecified atom stereocenters. The zero-order valence-corrected chi connectivity index (χ0v) is 16.6. The Kier molecular flexibility index (Phi) is 6.33. The van der Waals surface area contributed by atoms with Gasteiger partial charge in [-0.05, 0) is 55.5 Å². The Morgan fingerprint density at radius 2 is 1.57 bits per heavy atom. The molecular weight excluding hydrogens is 382 g/mol. The number of rotatable bonds is 7. The van der Waals surface area contributed by atoms with Gasteiger partial charge in [0.2, 0.25) is 15.8 Å². The van der Waals surface area contributed by atoms with E-state index in [-0.39, 0.29) is 10.7 Å². The molecule has 8 heteroatoms. The van der Waals surface area contributed by atoms with Gasteiger partial charge in [-0.3, -0.25) is 4.79 Å². The maximum Gasteiger partial charge on any atom is 0.243 e. The summed E-state index contributed by atoms with van der Waals surface area (Å²) in [5.74, 6) is 0.921. The summed E-state index contributed by atoms with van der Waals surface area (Å²) >= 11 is 0. The number of carbonyl (C=O) groups is 1. The number of methoxy groups -OCH3 is 1. The Bertz CT molecular complexity index is 903. The Morgan fingerprint density at radius 1 is 1.00 bits per heavy atom. The number of Topliss-reactive ketones (excluding diaryl/α,β-unsaturated/α-hetero) is 1. The van der Waals surface area contributed by atoms with Gasteiger partial charge in [0.1, 0.15) is 11.5 Å². The molecule has 1 fully saturated rings. The van der Waals surface area contributed by atoms with Crippen LogP contribution in [0.4, 0.5) is 0 Å². The van der Waals surface area contributed by atoms with Crippen LogP contribution in [-0.2, 0) is 14.8 Å². The summed E-state index contributed by atoms with van der Waals surface area (Å²) in [5.41, 5.74) is 0.514. The van der Waals surface area contributed by atoms with Crippen LogP contribution < -0.4 is 9.47 Å². The summed E-state index contributed by atoms with van der Waals surface area (Å²) in [4.78, 5) is 12.7. The van der Waals surface area contributed by atoms with Crippen LogP contribution in [0.1, 0.15) is 17.3 Å². The van der Waals surface area contributed by atoms with Crippen molar-refractivity contribution in [3.8, 4) is 11.5 Å². The second kappa shape index (κ2) is 8.72. The molecule has 0 aromatic heterocycles. The third kappa shape index (κ3) is 4.52. The lowest BCUT2D eigenvalue weighted by atomic mass is 10.1. The molecule has 0 bridgehead atoms. The molecule has 2 aromatic rings. The molecule has 0 aliphatic carbocycles. The second-order valence-corrected chi connectivity index (χ2v) is 8.28. The highest BCUT2D eigenvalue weighted by atomic mass is 32.2. The third-order valence-electron chi connectivity index (χ3n) is 4.49. The summed E-state index contributed by atoms with van der Waals surface area (Å²) in [6.07, 6.45) is -0.713. The largest absolute Gasteiger partial charge is 0.497 e. The van der Waals surface area contributed by atoms with Crippen molar-refractivity contribution in [2.24, 2.45) is 0 Å². The number of ether oxygens (including phenoxy) is 3. The van der Waals surface area contributed by atoms with Crippen molar-refractivity contribution in [2.75, 3.05) is 33.4 Å². The molecule has 1 aliphatic rings. The lowest BCUT2D eigenvalue weighted by Crippen LogP contribution is -2.40. The highest BCUT2D eigenvalue weighted by molar-refractivity contribution is 7.89. The normalized spacial score (nSPS) is 16.4. The standard InChI is InChI=1S/C20H23NO6S/c1-15(20(22)16-3-5-17(25-2)6-4-16)27-18-7-9-19(10-8-18)28(23,24)21-11-13-26-14-12-21/h3-10,15H,11-14H2,1-2H3/t15-/m1/s1. The van der Waals surface area contributed by atoms with Crippen molar-refractivity contribution in [1.82, 2.24) is 4.31 Å². The van der Waals surface area contributed by atoms with E-state index in [1.165, 1.54) is 16.4 Å². The summed E-state index contributed by atoms with van der Waals surface area (Å²) in [6, 6.07) is 12.9. The van der Waals surface area contributed by atoms with Gasteiger partial charge in [0.25, 0.3) is 0 Å². The maximum atomic E-state index is 12.6. The third-order valence-corrected chi connectivity index (χ3v) is 6.40. The summed E-state index contributed by atoms with van der Waals surface area (Å²) < 4.78 is 42.6. The molecule has 0 amide bonds. The maximum absolute atomic E-state index is 12.6. The summed E-state index contributed by atoms with van der Waals surface area (Å²) in [5, 5.41) is 0. The van der Waals surface area contributed by atoms with E-state index in [2.05, 4.69) is 0 Å². The van der Waals surface area contributed by atoms with E-state index in [9.17, 15) is 13.2 Å². The van der Waals surface area contributed by atoms with Crippen LogP contribution in [0.5, 0.6) is 11.5 Å². The molecule has 1 atom stereocenters. The van der Waals surface area contributed by atoms with E-state index < -0.39 is 16.1 Å². The quantitative estimate of drug-likeness (QED) is 0.658. The van der Waals surface area contributed by atoms with E-state index in [1.54, 1.807) is 50.4 Å². The predicted molar refractivity (Wildman–Crippen MR) is 103 cm³/mol. The van der Waals surface area contributed by atoms with Crippen LogP contribution in [0.15, 0.2) is 53.4 Å². The number of benzene rings is 2. The monoisotopic (exact) mass is 405 g/mol. The Morgan fingerprint density at radius 3 is 2.14 bits per heavy atom. The first-order valence-electron chi connectivity index (χ1n) is 8.94. The van der Waals surface area contributed by atoms with Gasteiger partial charge in [-0.2, -0.15) is 4.31 Å². The average molecular weight is 405 g/mol. The van der Waals surface area contributed by atoms with Crippen molar-refractivity contribution in [1.29, 1.82) is 0 Å². The van der Waals surface area contributed by atoms with Gasteiger partial charge in [-0.25, -0.2) is 8.42 Å². The first-order valence-corrected chi connectivity index (χ1v) is 10.4. The average Bonchev–Trinajstić information content (AvgIpc) is 2.74. The molecular formula is C20H23NO6S. The fourth-order valence-electron chi connectivity index (χ4n) is 2.87. The van der Waals surface area contributed by atoms with Crippen LogP contribution in [0, 0.1) is 0 Å². The summed E-state index contributed by atoms with van der Waals surface area (Å²) in [7, 11) is -1.99. The molecule has 0 saturated carbocycles. The minimum Gasteiger partial charge on any atom is -0.497 e. The molecule has 0 spiro atoms. The first-order chi connectivity index (χ1) is 13.4. The Balaban J connectivity index is 1.66. The van der Waals surface area contributed by atoms with E-state index in [0.29, 0.717) is 43.4 Å². The number of ketones is 1. The molecule has 1 aliphatic heterocycles. The van der Waals surface area contributed by atoms with Gasteiger partial charge in [0, 0.05) is 18.7 Å². The van der Waals surface area contributed by atoms with Gasteiger partial charge in [0.05, 0.1) is 25.2 Å². The molecule has 2 aromatic carbocycles. The zero-order chi connectivity index (χ0) is 20.1. The molecule has 28 heavy (non-hydrogen) atoms. The van der Waals surface area contributed by atoms with Crippen molar-refractivity contribution in [3.63, 3.8) is 0 Å². The number of nitrogens with zero attached hydrogens (tertiary/aromatic N) is 1. The SMILES string of the molecule is COc1ccc(C(=O)[C@@H](C)Oc2ccc(S(=O)(=O)N3CCOCC3)cc2)cc1. The van der Waals surface area contributed by atoms with Crippen LogP contribution in [0.3, 0.4) is 0 Å². The van der Waals surface area contributed by atoms with Crippen LogP contribution in [0.25, 0.3) is 0 Å². The number of hydrogen-bond acceptors (Lipinski definition) is 6. The van der Waals surface area contributed by atoms with Crippen molar-refractivity contribution in [2.45, 2.75) is 17.9 Å². The second-order valence-electron chi connectivity index (χ2n) is 6.34. The van der Waals surface area contributed by atoms with Crippen LogP contribution in [-0.4, -0.2) is 58.0 Å². The lowest BCUT2D eigenvalue weighted by molar-refractivity contribution is 0.0730. The number of carbonyl (C=O) groups excluding carboxylic acids is 1. The van der Waals surface area contributed by atoms with Gasteiger partial charge >= 0.3 is 0 Å². The van der Waals surface area contributed by atoms with Gasteiger partial charge in [0.15, 0.2) is 6.10 Å².